The van der Waals surface area contributed by atoms with Crippen LogP contribution in [-0.2, 0) is 11.0 Å². The van der Waals surface area contributed by atoms with Crippen molar-refractivity contribution in [1.82, 2.24) is 9.91 Å². The van der Waals surface area contributed by atoms with E-state index in [1.807, 2.05) is 0 Å². The first-order valence-corrected chi connectivity index (χ1v) is 10.6. The van der Waals surface area contributed by atoms with Crippen molar-refractivity contribution in [3.8, 4) is 11.1 Å². The zero-order chi connectivity index (χ0) is 24.7. The highest BCUT2D eigenvalue weighted by Crippen LogP contribution is 2.40. The topological polar surface area (TPSA) is 92.7 Å². The number of anilines is 1. The van der Waals surface area contributed by atoms with Gasteiger partial charge in [-0.05, 0) is 30.5 Å². The lowest BCUT2D eigenvalue weighted by Crippen LogP contribution is -2.51. The van der Waals surface area contributed by atoms with Gasteiger partial charge in [-0.15, -0.1) is 11.3 Å². The summed E-state index contributed by atoms with van der Waals surface area (Å²) in [5.41, 5.74) is 4.42. The molecule has 0 saturated carbocycles. The Labute approximate surface area is 192 Å². The van der Waals surface area contributed by atoms with E-state index in [9.17, 15) is 35.9 Å². The standard InChI is InChI=1S/C19H17ClF6N4O2S/c20-12-4-3-9(6-11(12)18(21,22)23)10-8-33-16(27)15(10)17(32)30(28)7-14(31)29-5-1-2-13(29)19(24,25)26/h3-4,6,8,13H,1-2,5,7,27-28H2. The van der Waals surface area contributed by atoms with Crippen LogP contribution >= 0.6 is 22.9 Å². The molecule has 2 amide bonds. The third kappa shape index (κ3) is 5.20. The predicted molar refractivity (Wildman–Crippen MR) is 110 cm³/mol. The Morgan fingerprint density at radius 3 is 2.48 bits per heavy atom. The van der Waals surface area contributed by atoms with E-state index in [1.165, 1.54) is 11.4 Å². The number of nitrogens with zero attached hydrogens (tertiary/aromatic N) is 2. The fourth-order valence-electron chi connectivity index (χ4n) is 3.57. The fraction of sp³-hybridized carbons (Fsp3) is 0.368. The van der Waals surface area contributed by atoms with Gasteiger partial charge in [-0.2, -0.15) is 26.3 Å². The molecule has 1 aromatic heterocycles. The second-order valence-corrected chi connectivity index (χ2v) is 8.62. The number of hydrogen-bond donors (Lipinski definition) is 2. The number of nitrogens with two attached hydrogens (primary N) is 2. The number of nitrogen functional groups attached to an aromatic ring is 1. The number of halogens is 7. The summed E-state index contributed by atoms with van der Waals surface area (Å²) in [6, 6.07) is 1.03. The summed E-state index contributed by atoms with van der Waals surface area (Å²) < 4.78 is 79.0. The molecule has 1 aliphatic rings. The van der Waals surface area contributed by atoms with Gasteiger partial charge in [-0.1, -0.05) is 17.7 Å². The van der Waals surface area contributed by atoms with E-state index >= 15 is 0 Å². The Kier molecular flexibility index (Phi) is 6.87. The molecule has 2 heterocycles. The van der Waals surface area contributed by atoms with E-state index in [0.717, 1.165) is 23.5 Å². The van der Waals surface area contributed by atoms with Crippen LogP contribution in [-0.4, -0.2) is 47.0 Å². The minimum Gasteiger partial charge on any atom is -0.390 e. The maximum absolute atomic E-state index is 13.2. The van der Waals surface area contributed by atoms with Crippen molar-refractivity contribution < 1.29 is 35.9 Å². The third-order valence-electron chi connectivity index (χ3n) is 5.13. The number of likely N-dealkylation sites (tertiary alicyclic amines) is 1. The zero-order valence-corrected chi connectivity index (χ0v) is 18.2. The van der Waals surface area contributed by atoms with Crippen LogP contribution < -0.4 is 11.6 Å². The minimum atomic E-state index is -4.75. The molecule has 4 N–H and O–H groups in total. The molecule has 33 heavy (non-hydrogen) atoms. The number of carbonyl (C=O) groups is 2. The second-order valence-electron chi connectivity index (χ2n) is 7.30. The van der Waals surface area contributed by atoms with E-state index in [-0.39, 0.29) is 41.1 Å². The molecule has 0 radical (unpaired) electrons. The van der Waals surface area contributed by atoms with Gasteiger partial charge >= 0.3 is 12.4 Å². The lowest BCUT2D eigenvalue weighted by molar-refractivity contribution is -0.182. The number of rotatable bonds is 4. The van der Waals surface area contributed by atoms with Gasteiger partial charge in [0.05, 0.1) is 21.2 Å². The molecule has 0 aliphatic carbocycles. The van der Waals surface area contributed by atoms with Crippen molar-refractivity contribution >= 4 is 39.8 Å². The monoisotopic (exact) mass is 514 g/mol. The Morgan fingerprint density at radius 1 is 1.21 bits per heavy atom. The summed E-state index contributed by atoms with van der Waals surface area (Å²) in [6.07, 6.45) is -9.48. The lowest BCUT2D eigenvalue weighted by Gasteiger charge is -2.28. The van der Waals surface area contributed by atoms with Crippen molar-refractivity contribution in [2.45, 2.75) is 31.2 Å². The van der Waals surface area contributed by atoms with Crippen LogP contribution in [0, 0.1) is 0 Å². The number of carbonyl (C=O) groups excluding carboxylic acids is 2. The number of hydrazine groups is 1. The lowest BCUT2D eigenvalue weighted by atomic mass is 10.0. The molecule has 14 heteroatoms. The molecule has 1 aromatic carbocycles. The summed E-state index contributed by atoms with van der Waals surface area (Å²) in [4.78, 5) is 25.9. The summed E-state index contributed by atoms with van der Waals surface area (Å²) in [6.45, 7) is -1.00. The average Bonchev–Trinajstić information content (AvgIpc) is 3.34. The molecule has 0 bridgehead atoms. The number of amides is 2. The fourth-order valence-corrected chi connectivity index (χ4v) is 4.61. The van der Waals surface area contributed by atoms with Gasteiger partial charge in [-0.25, -0.2) is 5.84 Å². The Morgan fingerprint density at radius 2 is 1.88 bits per heavy atom. The van der Waals surface area contributed by atoms with Crippen molar-refractivity contribution in [1.29, 1.82) is 0 Å². The third-order valence-corrected chi connectivity index (χ3v) is 6.27. The highest BCUT2D eigenvalue weighted by atomic mass is 35.5. The van der Waals surface area contributed by atoms with Crippen LogP contribution in [0.15, 0.2) is 23.6 Å². The molecule has 1 atom stereocenters. The van der Waals surface area contributed by atoms with Crippen LogP contribution in [0.4, 0.5) is 31.3 Å². The average molecular weight is 515 g/mol. The highest BCUT2D eigenvalue weighted by Gasteiger charge is 2.47. The molecule has 180 valence electrons. The molecule has 1 unspecified atom stereocenters. The van der Waals surface area contributed by atoms with E-state index in [0.29, 0.717) is 9.91 Å². The number of alkyl halides is 6. The SMILES string of the molecule is Nc1scc(-c2ccc(Cl)c(C(F)(F)F)c2)c1C(=O)N(N)CC(=O)N1CCCC1C(F)(F)F. The van der Waals surface area contributed by atoms with Gasteiger partial charge in [0.2, 0.25) is 5.91 Å². The van der Waals surface area contributed by atoms with Gasteiger partial charge in [0.25, 0.3) is 5.91 Å². The highest BCUT2D eigenvalue weighted by molar-refractivity contribution is 7.15. The van der Waals surface area contributed by atoms with Crippen molar-refractivity contribution in [2.75, 3.05) is 18.8 Å². The number of hydrogen-bond acceptors (Lipinski definition) is 5. The van der Waals surface area contributed by atoms with E-state index in [4.69, 9.17) is 23.2 Å². The van der Waals surface area contributed by atoms with Crippen molar-refractivity contribution in [3.63, 3.8) is 0 Å². The van der Waals surface area contributed by atoms with E-state index < -0.39 is 47.3 Å². The molecule has 1 saturated heterocycles. The molecular formula is C19H17ClF6N4O2S. The number of benzene rings is 1. The Balaban J connectivity index is 1.86. The molecular weight excluding hydrogens is 498 g/mol. The second kappa shape index (κ2) is 9.03. The summed E-state index contributed by atoms with van der Waals surface area (Å²) >= 11 is 6.48. The van der Waals surface area contributed by atoms with Crippen LogP contribution in [0.5, 0.6) is 0 Å². The van der Waals surface area contributed by atoms with Crippen LogP contribution in [0.25, 0.3) is 11.1 Å². The van der Waals surface area contributed by atoms with Gasteiger partial charge in [0.1, 0.15) is 12.6 Å². The molecule has 0 spiro atoms. The van der Waals surface area contributed by atoms with Crippen LogP contribution in [0.1, 0.15) is 28.8 Å². The zero-order valence-electron chi connectivity index (χ0n) is 16.6. The summed E-state index contributed by atoms with van der Waals surface area (Å²) in [7, 11) is 0. The molecule has 6 nitrogen and oxygen atoms in total. The van der Waals surface area contributed by atoms with Gasteiger partial charge in [-0.3, -0.25) is 14.6 Å². The quantitative estimate of drug-likeness (QED) is 0.271. The first kappa shape index (κ1) is 25.1. The Hall–Kier alpha value is -2.51. The maximum Gasteiger partial charge on any atom is 0.417 e. The molecule has 1 fully saturated rings. The molecule has 1 aliphatic heterocycles. The predicted octanol–water partition coefficient (Wildman–Crippen LogP) is 4.54. The molecule has 3 rings (SSSR count). The molecule has 2 aromatic rings. The van der Waals surface area contributed by atoms with Gasteiger partial charge in [0.15, 0.2) is 0 Å². The first-order valence-electron chi connectivity index (χ1n) is 9.38. The minimum absolute atomic E-state index is 0.0157. The van der Waals surface area contributed by atoms with Crippen LogP contribution in [0.3, 0.4) is 0 Å². The summed E-state index contributed by atoms with van der Waals surface area (Å²) in [5, 5.41) is 1.10. The normalized spacial score (nSPS) is 16.8. The van der Waals surface area contributed by atoms with Crippen molar-refractivity contribution in [3.05, 3.63) is 39.7 Å². The van der Waals surface area contributed by atoms with Crippen LogP contribution in [0.2, 0.25) is 5.02 Å². The van der Waals surface area contributed by atoms with Crippen molar-refractivity contribution in [2.24, 2.45) is 5.84 Å². The van der Waals surface area contributed by atoms with E-state index in [2.05, 4.69) is 0 Å². The summed E-state index contributed by atoms with van der Waals surface area (Å²) in [5.74, 6) is 3.64. The largest absolute Gasteiger partial charge is 0.417 e. The van der Waals surface area contributed by atoms with E-state index in [1.54, 1.807) is 0 Å². The van der Waals surface area contributed by atoms with Gasteiger partial charge < -0.3 is 10.6 Å². The smallest absolute Gasteiger partial charge is 0.390 e. The maximum atomic E-state index is 13.2. The number of thiophene rings is 1. The Bertz CT molecular complexity index is 1070. The first-order chi connectivity index (χ1) is 15.2. The van der Waals surface area contributed by atoms with Gasteiger partial charge in [0, 0.05) is 17.5 Å².